The summed E-state index contributed by atoms with van der Waals surface area (Å²) < 4.78 is 39.8. The molecule has 0 aromatic carbocycles. The van der Waals surface area contributed by atoms with Gasteiger partial charge in [-0.15, -0.1) is 0 Å². The topological polar surface area (TPSA) is 61.8 Å². The van der Waals surface area contributed by atoms with E-state index in [1.807, 2.05) is 41.5 Å². The first-order chi connectivity index (χ1) is 8.12. The van der Waals surface area contributed by atoms with E-state index in [0.29, 0.717) is 0 Å². The van der Waals surface area contributed by atoms with Gasteiger partial charge in [0.15, 0.2) is 0 Å². The Labute approximate surface area is 117 Å². The van der Waals surface area contributed by atoms with Gasteiger partial charge in [-0.05, 0) is 10.8 Å². The van der Waals surface area contributed by atoms with Crippen molar-refractivity contribution in [1.82, 2.24) is 0 Å². The molecule has 0 aliphatic carbocycles. The molecule has 0 aromatic heterocycles. The molecule has 0 spiro atoms. The molecule has 0 saturated carbocycles. The van der Waals surface area contributed by atoms with Crippen LogP contribution in [0.5, 0.6) is 0 Å². The highest BCUT2D eigenvalue weighted by Gasteiger charge is 2.32. The Morgan fingerprint density at radius 2 is 1.00 bits per heavy atom. The summed E-state index contributed by atoms with van der Waals surface area (Å²) in [6, 6.07) is 0. The van der Waals surface area contributed by atoms with Crippen molar-refractivity contribution in [1.29, 1.82) is 0 Å². The Morgan fingerprint density at radius 1 is 0.737 bits per heavy atom. The predicted octanol–water partition coefficient (Wildman–Crippen LogP) is 4.77. The van der Waals surface area contributed by atoms with Crippen LogP contribution < -0.4 is 0 Å². The highest BCUT2D eigenvalue weighted by molar-refractivity contribution is 7.66. The van der Waals surface area contributed by atoms with Gasteiger partial charge in [0, 0.05) is 13.3 Å². The van der Waals surface area contributed by atoms with Crippen molar-refractivity contribution >= 4 is 15.2 Å². The molecule has 0 heterocycles. The van der Waals surface area contributed by atoms with E-state index >= 15 is 0 Å². The average molecular weight is 314 g/mol. The van der Waals surface area contributed by atoms with Crippen LogP contribution in [0.3, 0.4) is 0 Å². The lowest BCUT2D eigenvalue weighted by Gasteiger charge is -2.25. The van der Waals surface area contributed by atoms with Crippen molar-refractivity contribution < 1.29 is 22.5 Å². The Morgan fingerprint density at radius 3 is 1.21 bits per heavy atom. The van der Waals surface area contributed by atoms with Crippen LogP contribution >= 0.6 is 15.2 Å². The standard InChI is InChI=1S/C12H28O5P2/c1-11(2,3)9-15-18(7,13)17-19(8,14)16-10-12(4,5)6/h9-10H2,1-8H3. The molecule has 0 bridgehead atoms. The zero-order valence-corrected chi connectivity index (χ0v) is 15.1. The molecule has 7 heteroatoms. The summed E-state index contributed by atoms with van der Waals surface area (Å²) in [5.41, 5.74) is -0.280. The Balaban J connectivity index is 4.47. The zero-order valence-electron chi connectivity index (χ0n) is 13.3. The Hall–Kier alpha value is 0.340. The van der Waals surface area contributed by atoms with E-state index < -0.39 is 15.2 Å². The third-order valence-corrected chi connectivity index (χ3v) is 5.33. The molecule has 0 saturated heterocycles. The van der Waals surface area contributed by atoms with Gasteiger partial charge in [-0.25, -0.2) is 4.31 Å². The lowest BCUT2D eigenvalue weighted by Crippen LogP contribution is -2.15. The van der Waals surface area contributed by atoms with Crippen molar-refractivity contribution in [2.45, 2.75) is 41.5 Å². The molecule has 0 rings (SSSR count). The second kappa shape index (κ2) is 6.41. The average Bonchev–Trinajstić information content (AvgIpc) is 2.09. The van der Waals surface area contributed by atoms with E-state index in [0.717, 1.165) is 0 Å². The summed E-state index contributed by atoms with van der Waals surface area (Å²) >= 11 is 0. The van der Waals surface area contributed by atoms with E-state index in [2.05, 4.69) is 0 Å². The summed E-state index contributed by atoms with van der Waals surface area (Å²) in [5, 5.41) is 0. The molecule has 19 heavy (non-hydrogen) atoms. The molecular formula is C12H28O5P2. The summed E-state index contributed by atoms with van der Waals surface area (Å²) in [4.78, 5) is 0. The van der Waals surface area contributed by atoms with Crippen LogP contribution in [-0.2, 0) is 22.5 Å². The van der Waals surface area contributed by atoms with Crippen LogP contribution in [0, 0.1) is 10.8 Å². The quantitative estimate of drug-likeness (QED) is 0.661. The van der Waals surface area contributed by atoms with Gasteiger partial charge in [0.2, 0.25) is 0 Å². The minimum absolute atomic E-state index is 0.140. The van der Waals surface area contributed by atoms with Crippen molar-refractivity contribution in [2.24, 2.45) is 10.8 Å². The summed E-state index contributed by atoms with van der Waals surface area (Å²) in [7, 11) is -6.76. The molecule has 0 aliphatic heterocycles. The van der Waals surface area contributed by atoms with Crippen molar-refractivity contribution in [3.05, 3.63) is 0 Å². The molecular weight excluding hydrogens is 286 g/mol. The van der Waals surface area contributed by atoms with E-state index in [4.69, 9.17) is 13.4 Å². The van der Waals surface area contributed by atoms with E-state index in [9.17, 15) is 9.13 Å². The van der Waals surface area contributed by atoms with Gasteiger partial charge >= 0.3 is 15.2 Å². The van der Waals surface area contributed by atoms with Crippen LogP contribution in [0.15, 0.2) is 0 Å². The predicted molar refractivity (Wildman–Crippen MR) is 79.0 cm³/mol. The van der Waals surface area contributed by atoms with Gasteiger partial charge in [0.1, 0.15) is 0 Å². The second-order valence-corrected chi connectivity index (χ2v) is 11.5. The van der Waals surface area contributed by atoms with Crippen LogP contribution in [-0.4, -0.2) is 26.5 Å². The third-order valence-electron chi connectivity index (χ3n) is 1.76. The largest absolute Gasteiger partial charge is 0.334 e. The first-order valence-electron chi connectivity index (χ1n) is 6.27. The highest BCUT2D eigenvalue weighted by Crippen LogP contribution is 2.61. The second-order valence-electron chi connectivity index (χ2n) is 7.29. The summed E-state index contributed by atoms with van der Waals surface area (Å²) in [6.45, 7) is 14.9. The smallest absolute Gasteiger partial charge is 0.308 e. The lowest BCUT2D eigenvalue weighted by atomic mass is 9.99. The highest BCUT2D eigenvalue weighted by atomic mass is 31.3. The van der Waals surface area contributed by atoms with Crippen molar-refractivity contribution in [3.63, 3.8) is 0 Å². The monoisotopic (exact) mass is 314 g/mol. The minimum Gasteiger partial charge on any atom is -0.308 e. The molecule has 0 fully saturated rings. The van der Waals surface area contributed by atoms with Crippen LogP contribution in [0.2, 0.25) is 0 Å². The molecule has 0 aromatic rings. The molecule has 0 radical (unpaired) electrons. The molecule has 5 nitrogen and oxygen atoms in total. The zero-order chi connectivity index (χ0) is 15.5. The van der Waals surface area contributed by atoms with E-state index in [1.165, 1.54) is 13.3 Å². The maximum absolute atomic E-state index is 12.1. The lowest BCUT2D eigenvalue weighted by molar-refractivity contribution is 0.156. The summed E-state index contributed by atoms with van der Waals surface area (Å²) in [6.07, 6.45) is 0. The number of hydrogen-bond acceptors (Lipinski definition) is 5. The van der Waals surface area contributed by atoms with Crippen LogP contribution in [0.25, 0.3) is 0 Å². The van der Waals surface area contributed by atoms with Gasteiger partial charge in [0.25, 0.3) is 0 Å². The first-order valence-corrected chi connectivity index (χ1v) is 10.3. The molecule has 0 amide bonds. The number of rotatable bonds is 6. The third kappa shape index (κ3) is 11.8. The normalized spacial score (nSPS) is 19.8. The van der Waals surface area contributed by atoms with Gasteiger partial charge in [-0.1, -0.05) is 41.5 Å². The van der Waals surface area contributed by atoms with Crippen LogP contribution in [0.4, 0.5) is 0 Å². The maximum Gasteiger partial charge on any atom is 0.334 e. The van der Waals surface area contributed by atoms with Crippen molar-refractivity contribution in [2.75, 3.05) is 26.5 Å². The SMILES string of the molecule is CC(C)(C)COP(C)(=O)OP(C)(=O)OCC(C)(C)C. The van der Waals surface area contributed by atoms with E-state index in [1.54, 1.807) is 0 Å². The fourth-order valence-corrected chi connectivity index (χ4v) is 4.71. The minimum atomic E-state index is -3.38. The Bertz CT molecular complexity index is 343. The molecule has 116 valence electrons. The number of hydrogen-bond donors (Lipinski definition) is 0. The molecule has 0 N–H and O–H groups in total. The fourth-order valence-electron chi connectivity index (χ4n) is 0.938. The first kappa shape index (κ1) is 19.3. The Kier molecular flexibility index (Phi) is 6.52. The van der Waals surface area contributed by atoms with E-state index in [-0.39, 0.29) is 24.0 Å². The van der Waals surface area contributed by atoms with Gasteiger partial charge in [0.05, 0.1) is 13.2 Å². The molecule has 2 unspecified atom stereocenters. The maximum atomic E-state index is 12.1. The van der Waals surface area contributed by atoms with Gasteiger partial charge < -0.3 is 9.05 Å². The van der Waals surface area contributed by atoms with Crippen molar-refractivity contribution in [3.8, 4) is 0 Å². The molecule has 2 atom stereocenters. The van der Waals surface area contributed by atoms with Gasteiger partial charge in [-0.3, -0.25) is 9.13 Å². The fraction of sp³-hybridized carbons (Fsp3) is 1.00. The van der Waals surface area contributed by atoms with Gasteiger partial charge in [-0.2, -0.15) is 0 Å². The van der Waals surface area contributed by atoms with Crippen LogP contribution in [0.1, 0.15) is 41.5 Å². The molecule has 0 aliphatic rings. The summed E-state index contributed by atoms with van der Waals surface area (Å²) in [5.74, 6) is 0.